The standard InChI is InChI=1S/C7H9N3/c1-6-5-8-7-3-2-4-9-10(6)7/h2-3,5,9H,4H2,1H3. The van der Waals surface area contributed by atoms with E-state index in [4.69, 9.17) is 0 Å². The van der Waals surface area contributed by atoms with Crippen LogP contribution in [0.2, 0.25) is 0 Å². The molecule has 0 saturated carbocycles. The molecule has 0 fully saturated rings. The molecule has 0 aromatic carbocycles. The fourth-order valence-electron chi connectivity index (χ4n) is 1.09. The third-order valence-electron chi connectivity index (χ3n) is 1.60. The molecule has 3 heteroatoms. The minimum absolute atomic E-state index is 0.893. The van der Waals surface area contributed by atoms with Crippen LogP contribution in [-0.2, 0) is 0 Å². The van der Waals surface area contributed by atoms with Crippen molar-refractivity contribution in [3.05, 3.63) is 23.8 Å². The molecular weight excluding hydrogens is 126 g/mol. The van der Waals surface area contributed by atoms with E-state index in [-0.39, 0.29) is 0 Å². The molecule has 1 aromatic heterocycles. The number of nitrogens with one attached hydrogen (secondary N) is 1. The Morgan fingerprint density at radius 2 is 2.60 bits per heavy atom. The van der Waals surface area contributed by atoms with Gasteiger partial charge in [0.05, 0.1) is 11.9 Å². The van der Waals surface area contributed by atoms with Gasteiger partial charge in [-0.15, -0.1) is 0 Å². The Kier molecular flexibility index (Phi) is 1.03. The molecule has 0 unspecified atom stereocenters. The van der Waals surface area contributed by atoms with E-state index in [1.165, 1.54) is 0 Å². The zero-order chi connectivity index (χ0) is 6.97. The van der Waals surface area contributed by atoms with E-state index < -0.39 is 0 Å². The van der Waals surface area contributed by atoms with Crippen LogP contribution >= 0.6 is 0 Å². The van der Waals surface area contributed by atoms with Crippen LogP contribution in [0.4, 0.5) is 0 Å². The first-order valence-electron chi connectivity index (χ1n) is 3.33. The SMILES string of the molecule is Cc1cnc2n1NCC=C2. The van der Waals surface area contributed by atoms with Crippen molar-refractivity contribution < 1.29 is 0 Å². The van der Waals surface area contributed by atoms with E-state index in [1.807, 2.05) is 23.9 Å². The molecule has 0 amide bonds. The van der Waals surface area contributed by atoms with E-state index >= 15 is 0 Å². The molecule has 0 spiro atoms. The van der Waals surface area contributed by atoms with Crippen LogP contribution in [0.25, 0.3) is 6.08 Å². The van der Waals surface area contributed by atoms with Crippen molar-refractivity contribution in [1.82, 2.24) is 9.66 Å². The van der Waals surface area contributed by atoms with E-state index in [9.17, 15) is 0 Å². The highest BCUT2D eigenvalue weighted by Gasteiger charge is 2.04. The lowest BCUT2D eigenvalue weighted by Crippen LogP contribution is -2.20. The molecule has 1 aliphatic rings. The third-order valence-corrected chi connectivity index (χ3v) is 1.60. The molecule has 1 aromatic rings. The van der Waals surface area contributed by atoms with Crippen LogP contribution in [0.15, 0.2) is 12.3 Å². The monoisotopic (exact) mass is 135 g/mol. The van der Waals surface area contributed by atoms with Gasteiger partial charge in [-0.3, -0.25) is 0 Å². The second-order valence-corrected chi connectivity index (χ2v) is 2.36. The fourth-order valence-corrected chi connectivity index (χ4v) is 1.09. The van der Waals surface area contributed by atoms with Gasteiger partial charge in [-0.2, -0.15) is 0 Å². The zero-order valence-corrected chi connectivity index (χ0v) is 5.83. The summed E-state index contributed by atoms with van der Waals surface area (Å²) < 4.78 is 1.99. The number of hydrogen-bond acceptors (Lipinski definition) is 2. The maximum Gasteiger partial charge on any atom is 0.150 e. The third kappa shape index (κ3) is 0.635. The van der Waals surface area contributed by atoms with E-state index in [1.54, 1.807) is 0 Å². The van der Waals surface area contributed by atoms with Gasteiger partial charge >= 0.3 is 0 Å². The maximum atomic E-state index is 4.17. The van der Waals surface area contributed by atoms with E-state index in [2.05, 4.69) is 16.5 Å². The van der Waals surface area contributed by atoms with E-state index in [0.29, 0.717) is 0 Å². The number of aryl methyl sites for hydroxylation is 1. The summed E-state index contributed by atoms with van der Waals surface area (Å²) in [5.74, 6) is 0.990. The minimum Gasteiger partial charge on any atom is -0.320 e. The predicted octanol–water partition coefficient (Wildman–Crippen LogP) is 0.762. The summed E-state index contributed by atoms with van der Waals surface area (Å²) in [6.07, 6.45) is 5.93. The smallest absolute Gasteiger partial charge is 0.150 e. The molecule has 0 atom stereocenters. The van der Waals surface area contributed by atoms with Crippen molar-refractivity contribution in [2.75, 3.05) is 12.0 Å². The summed E-state index contributed by atoms with van der Waals surface area (Å²) >= 11 is 0. The summed E-state index contributed by atoms with van der Waals surface area (Å²) in [7, 11) is 0. The first-order valence-corrected chi connectivity index (χ1v) is 3.33. The first-order chi connectivity index (χ1) is 4.88. The van der Waals surface area contributed by atoms with Crippen LogP contribution < -0.4 is 5.43 Å². The summed E-state index contributed by atoms with van der Waals surface area (Å²) in [5, 5.41) is 0. The Labute approximate surface area is 59.4 Å². The summed E-state index contributed by atoms with van der Waals surface area (Å²) in [6, 6.07) is 0. The summed E-state index contributed by atoms with van der Waals surface area (Å²) in [6.45, 7) is 2.92. The molecule has 1 N–H and O–H groups in total. The van der Waals surface area contributed by atoms with Gasteiger partial charge < -0.3 is 5.43 Å². The highest BCUT2D eigenvalue weighted by molar-refractivity contribution is 5.44. The molecule has 3 nitrogen and oxygen atoms in total. The van der Waals surface area contributed by atoms with Crippen molar-refractivity contribution in [3.63, 3.8) is 0 Å². The Bertz CT molecular complexity index is 272. The summed E-state index contributed by atoms with van der Waals surface area (Å²) in [5.41, 5.74) is 4.33. The highest BCUT2D eigenvalue weighted by atomic mass is 15.4. The van der Waals surface area contributed by atoms with Gasteiger partial charge in [0.15, 0.2) is 5.82 Å². The molecule has 2 heterocycles. The van der Waals surface area contributed by atoms with Gasteiger partial charge in [0.25, 0.3) is 0 Å². The Morgan fingerprint density at radius 3 is 3.40 bits per heavy atom. The second-order valence-electron chi connectivity index (χ2n) is 2.36. The lowest BCUT2D eigenvalue weighted by Gasteiger charge is -2.12. The van der Waals surface area contributed by atoms with Crippen LogP contribution in [0.3, 0.4) is 0 Å². The Hall–Kier alpha value is -1.25. The van der Waals surface area contributed by atoms with Crippen LogP contribution in [0.1, 0.15) is 11.5 Å². The van der Waals surface area contributed by atoms with Gasteiger partial charge in [0, 0.05) is 6.54 Å². The van der Waals surface area contributed by atoms with Gasteiger partial charge in [0.2, 0.25) is 0 Å². The van der Waals surface area contributed by atoms with Gasteiger partial charge in [-0.25, -0.2) is 9.66 Å². The summed E-state index contributed by atoms with van der Waals surface area (Å²) in [4.78, 5) is 4.17. The maximum absolute atomic E-state index is 4.17. The topological polar surface area (TPSA) is 29.9 Å². The first kappa shape index (κ1) is 5.53. The van der Waals surface area contributed by atoms with Crippen molar-refractivity contribution in [3.8, 4) is 0 Å². The lowest BCUT2D eigenvalue weighted by atomic mass is 10.4. The van der Waals surface area contributed by atoms with Gasteiger partial charge in [0.1, 0.15) is 0 Å². The Morgan fingerprint density at radius 1 is 1.70 bits per heavy atom. The molecule has 0 aliphatic carbocycles. The molecule has 0 saturated heterocycles. The minimum atomic E-state index is 0.893. The number of nitrogens with zero attached hydrogens (tertiary/aromatic N) is 2. The van der Waals surface area contributed by atoms with Crippen molar-refractivity contribution >= 4 is 6.08 Å². The van der Waals surface area contributed by atoms with Crippen molar-refractivity contribution in [2.45, 2.75) is 6.92 Å². The van der Waals surface area contributed by atoms with Gasteiger partial charge in [-0.05, 0) is 13.0 Å². The molecule has 0 bridgehead atoms. The number of rotatable bonds is 0. The molecular formula is C7H9N3. The molecule has 0 radical (unpaired) electrons. The average Bonchev–Trinajstić information content (AvgIpc) is 2.34. The van der Waals surface area contributed by atoms with Crippen molar-refractivity contribution in [1.29, 1.82) is 0 Å². The second kappa shape index (κ2) is 1.87. The molecule has 2 rings (SSSR count). The van der Waals surface area contributed by atoms with Crippen LogP contribution in [0.5, 0.6) is 0 Å². The number of aromatic nitrogens is 2. The van der Waals surface area contributed by atoms with E-state index in [0.717, 1.165) is 18.1 Å². The Balaban J connectivity index is 2.57. The number of imidazole rings is 1. The number of fused-ring (bicyclic) bond motifs is 1. The normalized spacial score (nSPS) is 14.5. The lowest BCUT2D eigenvalue weighted by molar-refractivity contribution is 0.830. The largest absolute Gasteiger partial charge is 0.320 e. The average molecular weight is 135 g/mol. The molecule has 1 aliphatic heterocycles. The molecule has 10 heavy (non-hydrogen) atoms. The molecule has 52 valence electrons. The predicted molar refractivity (Wildman–Crippen MR) is 40.2 cm³/mol. The fraction of sp³-hybridized carbons (Fsp3) is 0.286. The zero-order valence-electron chi connectivity index (χ0n) is 5.83. The van der Waals surface area contributed by atoms with Crippen molar-refractivity contribution in [2.24, 2.45) is 0 Å². The quantitative estimate of drug-likeness (QED) is 0.569. The van der Waals surface area contributed by atoms with Crippen LogP contribution in [0, 0.1) is 6.92 Å². The number of hydrogen-bond donors (Lipinski definition) is 1. The highest BCUT2D eigenvalue weighted by Crippen LogP contribution is 2.06. The van der Waals surface area contributed by atoms with Crippen LogP contribution in [-0.4, -0.2) is 16.2 Å². The van der Waals surface area contributed by atoms with Gasteiger partial charge in [-0.1, -0.05) is 6.08 Å².